The fourth-order valence-electron chi connectivity index (χ4n) is 6.44. The zero-order valence-electron chi connectivity index (χ0n) is 23.0. The minimum Gasteiger partial charge on any atom is -0.351 e. The van der Waals surface area contributed by atoms with Gasteiger partial charge >= 0.3 is 0 Å². The van der Waals surface area contributed by atoms with E-state index in [0.717, 1.165) is 53.3 Å². The molecule has 1 unspecified atom stereocenters. The molecule has 2 amide bonds. The molecular weight excluding hydrogens is 482 g/mol. The third-order valence-electron chi connectivity index (χ3n) is 8.65. The molecule has 3 aromatic carbocycles. The Morgan fingerprint density at radius 2 is 1.56 bits per heavy atom. The molecule has 39 heavy (non-hydrogen) atoms. The van der Waals surface area contributed by atoms with Crippen LogP contribution < -0.4 is 5.32 Å². The topological polar surface area (TPSA) is 54.3 Å². The Bertz CT molecular complexity index is 1500. The van der Waals surface area contributed by atoms with Crippen molar-refractivity contribution >= 4 is 22.7 Å². The summed E-state index contributed by atoms with van der Waals surface area (Å²) in [5.74, 6) is -0.197. The van der Waals surface area contributed by atoms with Crippen LogP contribution in [0.1, 0.15) is 71.3 Å². The predicted molar refractivity (Wildman–Crippen MR) is 155 cm³/mol. The molecule has 1 aliphatic carbocycles. The summed E-state index contributed by atoms with van der Waals surface area (Å²) < 4.78 is 2.08. The quantitative estimate of drug-likeness (QED) is 0.300. The Morgan fingerprint density at radius 3 is 2.28 bits per heavy atom. The summed E-state index contributed by atoms with van der Waals surface area (Å²) >= 11 is 0. The smallest absolute Gasteiger partial charge is 0.272 e. The first-order valence-corrected chi connectivity index (χ1v) is 14.3. The van der Waals surface area contributed by atoms with E-state index in [-0.39, 0.29) is 17.9 Å². The fourth-order valence-corrected chi connectivity index (χ4v) is 6.44. The number of carbonyl (C=O) groups excluding carboxylic acids is 2. The van der Waals surface area contributed by atoms with E-state index < -0.39 is 5.54 Å². The van der Waals surface area contributed by atoms with E-state index in [2.05, 4.69) is 66.2 Å². The average molecular weight is 520 g/mol. The van der Waals surface area contributed by atoms with Crippen LogP contribution in [0, 0.1) is 13.8 Å². The zero-order chi connectivity index (χ0) is 27.0. The third-order valence-corrected chi connectivity index (χ3v) is 8.65. The van der Waals surface area contributed by atoms with Crippen molar-refractivity contribution in [3.05, 3.63) is 107 Å². The Kier molecular flexibility index (Phi) is 6.76. The highest BCUT2D eigenvalue weighted by molar-refractivity contribution is 6.04. The maximum Gasteiger partial charge on any atom is 0.272 e. The first-order valence-electron chi connectivity index (χ1n) is 14.3. The van der Waals surface area contributed by atoms with Crippen LogP contribution >= 0.6 is 0 Å². The largest absolute Gasteiger partial charge is 0.351 e. The number of nitrogens with one attached hydrogen (secondary N) is 1. The van der Waals surface area contributed by atoms with Crippen molar-refractivity contribution in [1.29, 1.82) is 0 Å². The van der Waals surface area contributed by atoms with Gasteiger partial charge in [-0.15, -0.1) is 0 Å². The number of aryl methyl sites for hydroxylation is 2. The molecule has 1 aliphatic heterocycles. The molecule has 0 radical (unpaired) electrons. The van der Waals surface area contributed by atoms with Gasteiger partial charge in [0.25, 0.3) is 11.8 Å². The number of hydrogen-bond donors (Lipinski definition) is 1. The maximum atomic E-state index is 14.7. The molecule has 1 atom stereocenters. The number of rotatable bonds is 5. The third kappa shape index (κ3) is 4.64. The molecule has 200 valence electrons. The summed E-state index contributed by atoms with van der Waals surface area (Å²) in [5, 5.41) is 4.47. The lowest BCUT2D eigenvalue weighted by atomic mass is 9.83. The molecule has 4 aromatic rings. The summed E-state index contributed by atoms with van der Waals surface area (Å²) in [6.07, 6.45) is 6.65. The van der Waals surface area contributed by atoms with Crippen molar-refractivity contribution in [2.45, 2.75) is 77.0 Å². The summed E-state index contributed by atoms with van der Waals surface area (Å²) in [6.45, 7) is 4.85. The van der Waals surface area contributed by atoms with Gasteiger partial charge in [0.15, 0.2) is 5.54 Å². The summed E-state index contributed by atoms with van der Waals surface area (Å²) in [7, 11) is 0. The van der Waals surface area contributed by atoms with Gasteiger partial charge in [0.2, 0.25) is 0 Å². The Balaban J connectivity index is 1.53. The molecule has 6 rings (SSSR count). The first kappa shape index (κ1) is 25.4. The van der Waals surface area contributed by atoms with E-state index >= 15 is 0 Å². The SMILES string of the molecule is Cc1ccc(CN2C(=O)c3cc4ccc(C)cc4n3CC2(C(=O)NC2CCCCCC2)c2ccccc2)cc1. The van der Waals surface area contributed by atoms with Gasteiger partial charge in [-0.1, -0.05) is 98.0 Å². The molecule has 1 fully saturated rings. The van der Waals surface area contributed by atoms with E-state index in [0.29, 0.717) is 18.8 Å². The van der Waals surface area contributed by atoms with Crippen molar-refractivity contribution < 1.29 is 9.59 Å². The van der Waals surface area contributed by atoms with Gasteiger partial charge in [-0.3, -0.25) is 9.59 Å². The van der Waals surface area contributed by atoms with Gasteiger partial charge in [0.1, 0.15) is 5.69 Å². The van der Waals surface area contributed by atoms with Crippen molar-refractivity contribution in [3.8, 4) is 0 Å². The van der Waals surface area contributed by atoms with E-state index in [1.165, 1.54) is 18.4 Å². The summed E-state index contributed by atoms with van der Waals surface area (Å²) in [6, 6.07) is 26.6. The first-order chi connectivity index (χ1) is 19.0. The summed E-state index contributed by atoms with van der Waals surface area (Å²) in [5.41, 5.74) is 4.60. The molecule has 0 spiro atoms. The second kappa shape index (κ2) is 10.4. The lowest BCUT2D eigenvalue weighted by Crippen LogP contribution is -2.63. The molecule has 5 nitrogen and oxygen atoms in total. The van der Waals surface area contributed by atoms with Crippen molar-refractivity contribution in [2.24, 2.45) is 0 Å². The molecule has 2 heterocycles. The highest BCUT2D eigenvalue weighted by Gasteiger charge is 2.52. The molecular formula is C34H37N3O2. The minimum absolute atomic E-state index is 0.0822. The monoisotopic (exact) mass is 519 g/mol. The van der Waals surface area contributed by atoms with Gasteiger partial charge in [0.05, 0.1) is 6.54 Å². The molecule has 5 heteroatoms. The Morgan fingerprint density at radius 1 is 0.872 bits per heavy atom. The van der Waals surface area contributed by atoms with Crippen molar-refractivity contribution in [2.75, 3.05) is 0 Å². The second-order valence-electron chi connectivity index (χ2n) is 11.4. The van der Waals surface area contributed by atoms with Crippen LogP contribution in [0.5, 0.6) is 0 Å². The van der Waals surface area contributed by atoms with Crippen LogP contribution in [0.25, 0.3) is 10.9 Å². The van der Waals surface area contributed by atoms with Gasteiger partial charge in [-0.05, 0) is 55.5 Å². The van der Waals surface area contributed by atoms with Gasteiger partial charge in [0, 0.05) is 23.5 Å². The molecule has 1 saturated carbocycles. The van der Waals surface area contributed by atoms with Crippen LogP contribution in [-0.2, 0) is 23.4 Å². The lowest BCUT2D eigenvalue weighted by molar-refractivity contribution is -0.136. The molecule has 2 aliphatic rings. The molecule has 1 N–H and O–H groups in total. The minimum atomic E-state index is -1.18. The Hall–Kier alpha value is -3.86. The average Bonchev–Trinajstić information content (AvgIpc) is 3.10. The molecule has 1 aromatic heterocycles. The standard InChI is InChI=1S/C34H37N3O2/c1-24-14-17-26(18-15-24)22-37-32(38)31-21-27-19-16-25(2)20-30(27)36(31)23-34(37,28-10-6-5-7-11-28)33(39)35-29-12-8-3-4-9-13-29/h5-7,10-11,14-21,29H,3-4,8-9,12-13,22-23H2,1-2H3,(H,35,39). The second-order valence-corrected chi connectivity index (χ2v) is 11.4. The number of hydrogen-bond acceptors (Lipinski definition) is 2. The van der Waals surface area contributed by atoms with E-state index in [4.69, 9.17) is 0 Å². The number of amides is 2. The van der Waals surface area contributed by atoms with Gasteiger partial charge < -0.3 is 14.8 Å². The van der Waals surface area contributed by atoms with Crippen LogP contribution in [-0.4, -0.2) is 27.3 Å². The van der Waals surface area contributed by atoms with E-state index in [1.807, 2.05) is 41.3 Å². The number of nitrogens with zero attached hydrogens (tertiary/aromatic N) is 2. The number of carbonyl (C=O) groups is 2. The normalized spacial score (nSPS) is 20.1. The number of benzene rings is 3. The van der Waals surface area contributed by atoms with Crippen molar-refractivity contribution in [1.82, 2.24) is 14.8 Å². The lowest BCUT2D eigenvalue weighted by Gasteiger charge is -2.47. The number of aromatic nitrogens is 1. The maximum absolute atomic E-state index is 14.7. The summed E-state index contributed by atoms with van der Waals surface area (Å²) in [4.78, 5) is 31.1. The Labute approximate surface area is 230 Å². The molecule has 0 bridgehead atoms. The number of fused-ring (bicyclic) bond motifs is 3. The molecule has 0 saturated heterocycles. The van der Waals surface area contributed by atoms with E-state index in [1.54, 1.807) is 0 Å². The van der Waals surface area contributed by atoms with Gasteiger partial charge in [-0.2, -0.15) is 0 Å². The predicted octanol–water partition coefficient (Wildman–Crippen LogP) is 6.65. The van der Waals surface area contributed by atoms with E-state index in [9.17, 15) is 9.59 Å². The van der Waals surface area contributed by atoms with Crippen LogP contribution in [0.3, 0.4) is 0 Å². The van der Waals surface area contributed by atoms with Crippen molar-refractivity contribution in [3.63, 3.8) is 0 Å². The van der Waals surface area contributed by atoms with Crippen LogP contribution in [0.4, 0.5) is 0 Å². The van der Waals surface area contributed by atoms with Gasteiger partial charge in [-0.25, -0.2) is 0 Å². The highest BCUT2D eigenvalue weighted by Crippen LogP contribution is 2.40. The fraction of sp³-hybridized carbons (Fsp3) is 0.353. The van der Waals surface area contributed by atoms with Crippen LogP contribution in [0.15, 0.2) is 78.9 Å². The highest BCUT2D eigenvalue weighted by atomic mass is 16.2. The zero-order valence-corrected chi connectivity index (χ0v) is 23.0. The van der Waals surface area contributed by atoms with Crippen LogP contribution in [0.2, 0.25) is 0 Å².